The average molecular weight is 327 g/mol. The number of nitrogens with one attached hydrogen (secondary N) is 2. The maximum absolute atomic E-state index is 12.1. The molecule has 3 rings (SSSR count). The van der Waals surface area contributed by atoms with Crippen LogP contribution < -0.4 is 10.2 Å². The lowest BCUT2D eigenvalue weighted by atomic mass is 10.2. The molecule has 1 amide bonds. The van der Waals surface area contributed by atoms with Crippen LogP contribution in [0.15, 0.2) is 36.5 Å². The molecule has 2 aromatic rings. The summed E-state index contributed by atoms with van der Waals surface area (Å²) in [5.41, 5.74) is 2.81. The lowest BCUT2D eigenvalue weighted by molar-refractivity contribution is -0.115. The maximum atomic E-state index is 12.1. The molecule has 0 saturated carbocycles. The first kappa shape index (κ1) is 16.5. The molecule has 1 aromatic heterocycles. The van der Waals surface area contributed by atoms with Crippen LogP contribution in [0.1, 0.15) is 19.5 Å². The second kappa shape index (κ2) is 7.49. The Morgan fingerprint density at radius 1 is 1.25 bits per heavy atom. The van der Waals surface area contributed by atoms with Gasteiger partial charge in [-0.2, -0.15) is 5.10 Å². The molecular weight excluding hydrogens is 302 g/mol. The molecule has 0 aliphatic carbocycles. The van der Waals surface area contributed by atoms with Crippen molar-refractivity contribution in [3.05, 3.63) is 42.2 Å². The van der Waals surface area contributed by atoms with Crippen LogP contribution in [0, 0.1) is 0 Å². The molecular formula is C18H25N5O. The molecule has 24 heavy (non-hydrogen) atoms. The third-order valence-electron chi connectivity index (χ3n) is 4.45. The van der Waals surface area contributed by atoms with E-state index < -0.39 is 0 Å². The highest BCUT2D eigenvalue weighted by Crippen LogP contribution is 2.21. The molecule has 0 radical (unpaired) electrons. The summed E-state index contributed by atoms with van der Waals surface area (Å²) >= 11 is 0. The number of piperazine rings is 1. The number of rotatable bonds is 5. The van der Waals surface area contributed by atoms with Gasteiger partial charge in [0.05, 0.1) is 6.42 Å². The summed E-state index contributed by atoms with van der Waals surface area (Å²) in [5.74, 6) is -0.0407. The van der Waals surface area contributed by atoms with Crippen molar-refractivity contribution in [1.29, 1.82) is 0 Å². The minimum Gasteiger partial charge on any atom is -0.369 e. The van der Waals surface area contributed by atoms with Crippen molar-refractivity contribution in [1.82, 2.24) is 15.1 Å². The lowest BCUT2D eigenvalue weighted by Gasteiger charge is -2.38. The minimum absolute atomic E-state index is 0.0407. The molecule has 128 valence electrons. The summed E-state index contributed by atoms with van der Waals surface area (Å²) in [7, 11) is 0. The number of hydrogen-bond donors (Lipinski definition) is 2. The maximum Gasteiger partial charge on any atom is 0.230 e. The second-order valence-corrected chi connectivity index (χ2v) is 6.47. The first-order valence-electron chi connectivity index (χ1n) is 8.49. The van der Waals surface area contributed by atoms with Crippen molar-refractivity contribution in [2.24, 2.45) is 0 Å². The Morgan fingerprint density at radius 3 is 2.71 bits per heavy atom. The van der Waals surface area contributed by atoms with Crippen molar-refractivity contribution in [2.75, 3.05) is 36.4 Å². The van der Waals surface area contributed by atoms with E-state index in [9.17, 15) is 4.79 Å². The van der Waals surface area contributed by atoms with E-state index in [-0.39, 0.29) is 5.91 Å². The molecule has 6 nitrogen and oxygen atoms in total. The van der Waals surface area contributed by atoms with E-state index in [0.29, 0.717) is 12.5 Å². The van der Waals surface area contributed by atoms with E-state index in [1.54, 1.807) is 6.20 Å². The Kier molecular flexibility index (Phi) is 5.15. The summed E-state index contributed by atoms with van der Waals surface area (Å²) in [4.78, 5) is 17.0. The van der Waals surface area contributed by atoms with Crippen LogP contribution in [-0.2, 0) is 11.2 Å². The zero-order valence-electron chi connectivity index (χ0n) is 14.3. The summed E-state index contributed by atoms with van der Waals surface area (Å²) in [6.45, 7) is 8.67. The summed E-state index contributed by atoms with van der Waals surface area (Å²) < 4.78 is 0. The molecule has 0 spiro atoms. The number of H-pyrrole nitrogens is 1. The molecule has 0 unspecified atom stereocenters. The Labute approximate surface area is 142 Å². The van der Waals surface area contributed by atoms with Crippen LogP contribution in [0.3, 0.4) is 0 Å². The summed E-state index contributed by atoms with van der Waals surface area (Å²) in [6, 6.07) is 10.5. The van der Waals surface area contributed by atoms with Crippen molar-refractivity contribution in [2.45, 2.75) is 26.3 Å². The van der Waals surface area contributed by atoms with Gasteiger partial charge in [-0.25, -0.2) is 0 Å². The summed E-state index contributed by atoms with van der Waals surface area (Å²) in [5, 5.41) is 9.63. The van der Waals surface area contributed by atoms with Gasteiger partial charge in [-0.15, -0.1) is 0 Å². The van der Waals surface area contributed by atoms with Crippen LogP contribution in [0.25, 0.3) is 0 Å². The van der Waals surface area contributed by atoms with Gasteiger partial charge in [0, 0.05) is 55.5 Å². The van der Waals surface area contributed by atoms with Crippen molar-refractivity contribution >= 4 is 17.3 Å². The van der Waals surface area contributed by atoms with Crippen molar-refractivity contribution in [3.8, 4) is 0 Å². The molecule has 1 aromatic carbocycles. The highest BCUT2D eigenvalue weighted by molar-refractivity contribution is 5.92. The second-order valence-electron chi connectivity index (χ2n) is 6.47. The number of amides is 1. The zero-order chi connectivity index (χ0) is 16.9. The van der Waals surface area contributed by atoms with E-state index in [2.05, 4.69) is 51.3 Å². The standard InChI is InChI=1S/C18H25N5O/c1-14(2)22-8-10-23(11-9-22)17-5-3-4-15(12-17)20-18(24)13-16-6-7-19-21-16/h3-7,12,14H,8-11,13H2,1-2H3,(H,19,21)(H,20,24). The van der Waals surface area contributed by atoms with Gasteiger partial charge in [0.15, 0.2) is 0 Å². The Hall–Kier alpha value is -2.34. The number of anilines is 2. The molecule has 2 N–H and O–H groups in total. The lowest BCUT2D eigenvalue weighted by Crippen LogP contribution is -2.48. The van der Waals surface area contributed by atoms with Crippen LogP contribution in [0.4, 0.5) is 11.4 Å². The number of carbonyl (C=O) groups excluding carboxylic acids is 1. The average Bonchev–Trinajstić information content (AvgIpc) is 3.08. The van der Waals surface area contributed by atoms with Gasteiger partial charge in [0.25, 0.3) is 0 Å². The fraction of sp³-hybridized carbons (Fsp3) is 0.444. The Bertz CT molecular complexity index is 660. The molecule has 0 bridgehead atoms. The fourth-order valence-corrected chi connectivity index (χ4v) is 3.04. The molecule has 0 atom stereocenters. The highest BCUT2D eigenvalue weighted by atomic mass is 16.1. The molecule has 6 heteroatoms. The number of aromatic amines is 1. The predicted octanol–water partition coefficient (Wildman–Crippen LogP) is 2.12. The van der Waals surface area contributed by atoms with E-state index in [0.717, 1.165) is 43.2 Å². The molecule has 1 aliphatic rings. The van der Waals surface area contributed by atoms with Crippen LogP contribution in [0.2, 0.25) is 0 Å². The fourth-order valence-electron chi connectivity index (χ4n) is 3.04. The summed E-state index contributed by atoms with van der Waals surface area (Å²) in [6.07, 6.45) is 1.96. The molecule has 1 aliphatic heterocycles. The monoisotopic (exact) mass is 327 g/mol. The highest BCUT2D eigenvalue weighted by Gasteiger charge is 2.19. The smallest absolute Gasteiger partial charge is 0.230 e. The quantitative estimate of drug-likeness (QED) is 0.883. The molecule has 2 heterocycles. The Balaban J connectivity index is 1.59. The Morgan fingerprint density at radius 2 is 2.04 bits per heavy atom. The van der Waals surface area contributed by atoms with Gasteiger partial charge in [-0.3, -0.25) is 14.8 Å². The third-order valence-corrected chi connectivity index (χ3v) is 4.45. The van der Waals surface area contributed by atoms with Crippen LogP contribution >= 0.6 is 0 Å². The van der Waals surface area contributed by atoms with E-state index in [1.807, 2.05) is 18.2 Å². The van der Waals surface area contributed by atoms with Gasteiger partial charge in [0.2, 0.25) is 5.91 Å². The number of benzene rings is 1. The van der Waals surface area contributed by atoms with Crippen LogP contribution in [0.5, 0.6) is 0 Å². The van der Waals surface area contributed by atoms with Crippen LogP contribution in [-0.4, -0.2) is 53.2 Å². The van der Waals surface area contributed by atoms with Crippen molar-refractivity contribution < 1.29 is 4.79 Å². The number of hydrogen-bond acceptors (Lipinski definition) is 4. The third kappa shape index (κ3) is 4.14. The first-order valence-corrected chi connectivity index (χ1v) is 8.49. The van der Waals surface area contributed by atoms with Gasteiger partial charge in [-0.05, 0) is 38.1 Å². The van der Waals surface area contributed by atoms with E-state index in [4.69, 9.17) is 0 Å². The predicted molar refractivity (Wildman–Crippen MR) is 96.3 cm³/mol. The first-order chi connectivity index (χ1) is 11.6. The minimum atomic E-state index is -0.0407. The largest absolute Gasteiger partial charge is 0.369 e. The van der Waals surface area contributed by atoms with E-state index >= 15 is 0 Å². The molecule has 1 saturated heterocycles. The molecule has 1 fully saturated rings. The van der Waals surface area contributed by atoms with Gasteiger partial charge < -0.3 is 10.2 Å². The number of aromatic nitrogens is 2. The van der Waals surface area contributed by atoms with Crippen molar-refractivity contribution in [3.63, 3.8) is 0 Å². The zero-order valence-corrected chi connectivity index (χ0v) is 14.3. The van der Waals surface area contributed by atoms with Gasteiger partial charge in [-0.1, -0.05) is 6.07 Å². The number of nitrogens with zero attached hydrogens (tertiary/aromatic N) is 3. The normalized spacial score (nSPS) is 15.7. The topological polar surface area (TPSA) is 64.3 Å². The SMILES string of the molecule is CC(C)N1CCN(c2cccc(NC(=O)Cc3ccn[nH]3)c2)CC1. The van der Waals surface area contributed by atoms with Gasteiger partial charge >= 0.3 is 0 Å². The number of carbonyl (C=O) groups is 1. The van der Waals surface area contributed by atoms with E-state index in [1.165, 1.54) is 0 Å². The van der Waals surface area contributed by atoms with Gasteiger partial charge in [0.1, 0.15) is 0 Å².